The highest BCUT2D eigenvalue weighted by Crippen LogP contribution is 2.45. The van der Waals surface area contributed by atoms with Gasteiger partial charge in [-0.2, -0.15) is 0 Å². The lowest BCUT2D eigenvalue weighted by Gasteiger charge is -2.37. The molecule has 0 spiro atoms. The van der Waals surface area contributed by atoms with Crippen LogP contribution in [0.3, 0.4) is 0 Å². The Bertz CT molecular complexity index is 1330. The van der Waals surface area contributed by atoms with Crippen LogP contribution in [-0.2, 0) is 5.41 Å². The SMILES string of the molecule is Oc1ccc(C(c2ccccc2)(c2ccccc2)c2ccc(OC3CCCN4CCCN=C4C3)cc2)cc1. The van der Waals surface area contributed by atoms with Crippen LogP contribution < -0.4 is 4.74 Å². The van der Waals surface area contributed by atoms with Gasteiger partial charge in [0.1, 0.15) is 23.4 Å². The Balaban J connectivity index is 1.39. The molecule has 1 unspecified atom stereocenters. The fourth-order valence-electron chi connectivity index (χ4n) is 6.11. The molecule has 0 aromatic heterocycles. The van der Waals surface area contributed by atoms with E-state index in [0.717, 1.165) is 62.2 Å². The summed E-state index contributed by atoms with van der Waals surface area (Å²) in [4.78, 5) is 7.25. The zero-order valence-corrected chi connectivity index (χ0v) is 21.7. The van der Waals surface area contributed by atoms with Crippen LogP contribution in [0.4, 0.5) is 0 Å². The van der Waals surface area contributed by atoms with Crippen molar-refractivity contribution >= 4 is 5.84 Å². The molecule has 1 saturated heterocycles. The zero-order valence-electron chi connectivity index (χ0n) is 21.7. The summed E-state index contributed by atoms with van der Waals surface area (Å²) in [7, 11) is 0. The van der Waals surface area contributed by atoms with Crippen LogP contribution in [0.1, 0.15) is 47.9 Å². The second kappa shape index (κ2) is 10.7. The second-order valence-corrected chi connectivity index (χ2v) is 10.3. The summed E-state index contributed by atoms with van der Waals surface area (Å²) in [6.45, 7) is 3.14. The first-order valence-corrected chi connectivity index (χ1v) is 13.7. The van der Waals surface area contributed by atoms with Crippen molar-refractivity contribution in [2.75, 3.05) is 19.6 Å². The first-order valence-electron chi connectivity index (χ1n) is 13.7. The molecule has 2 heterocycles. The Labute approximate surface area is 225 Å². The van der Waals surface area contributed by atoms with Gasteiger partial charge in [0.25, 0.3) is 0 Å². The molecule has 4 aromatic carbocycles. The van der Waals surface area contributed by atoms with Crippen molar-refractivity contribution in [1.82, 2.24) is 4.90 Å². The monoisotopic (exact) mass is 502 g/mol. The van der Waals surface area contributed by atoms with Crippen LogP contribution in [0, 0.1) is 0 Å². The molecule has 0 saturated carbocycles. The van der Waals surface area contributed by atoms with Gasteiger partial charge in [-0.25, -0.2) is 0 Å². The zero-order chi connectivity index (χ0) is 25.8. The lowest BCUT2D eigenvalue weighted by Crippen LogP contribution is -2.36. The minimum atomic E-state index is -0.547. The van der Waals surface area contributed by atoms with E-state index in [4.69, 9.17) is 9.73 Å². The first kappa shape index (κ1) is 24.3. The molecule has 38 heavy (non-hydrogen) atoms. The van der Waals surface area contributed by atoms with Crippen LogP contribution in [0.25, 0.3) is 0 Å². The van der Waals surface area contributed by atoms with E-state index in [-0.39, 0.29) is 11.9 Å². The Kier molecular flexibility index (Phi) is 6.87. The number of phenols is 1. The number of phenolic OH excluding ortho intramolecular Hbond substituents is 1. The summed E-state index contributed by atoms with van der Waals surface area (Å²) in [5.41, 5.74) is 4.04. The number of fused-ring (bicyclic) bond motifs is 1. The van der Waals surface area contributed by atoms with Gasteiger partial charge in [-0.05, 0) is 65.8 Å². The molecule has 6 rings (SSSR count). The van der Waals surface area contributed by atoms with E-state index < -0.39 is 5.41 Å². The van der Waals surface area contributed by atoms with Crippen LogP contribution in [0.5, 0.6) is 11.5 Å². The van der Waals surface area contributed by atoms with E-state index in [0.29, 0.717) is 0 Å². The molecule has 1 N–H and O–H groups in total. The predicted octanol–water partition coefficient (Wildman–Crippen LogP) is 6.81. The third-order valence-corrected chi connectivity index (χ3v) is 7.91. The van der Waals surface area contributed by atoms with Crippen molar-refractivity contribution in [2.45, 2.75) is 37.2 Å². The van der Waals surface area contributed by atoms with E-state index in [1.54, 1.807) is 12.1 Å². The van der Waals surface area contributed by atoms with E-state index in [9.17, 15) is 5.11 Å². The smallest absolute Gasteiger partial charge is 0.119 e. The van der Waals surface area contributed by atoms with Crippen LogP contribution >= 0.6 is 0 Å². The van der Waals surface area contributed by atoms with E-state index >= 15 is 0 Å². The Morgan fingerprint density at radius 3 is 1.87 bits per heavy atom. The predicted molar refractivity (Wildman–Crippen MR) is 153 cm³/mol. The van der Waals surface area contributed by atoms with Crippen molar-refractivity contribution in [3.63, 3.8) is 0 Å². The average Bonchev–Trinajstić information content (AvgIpc) is 3.18. The van der Waals surface area contributed by atoms with E-state index in [1.807, 2.05) is 12.1 Å². The summed E-state index contributed by atoms with van der Waals surface area (Å²) in [5, 5.41) is 10.1. The normalized spacial score (nSPS) is 17.7. The summed E-state index contributed by atoms with van der Waals surface area (Å²) in [6, 6.07) is 37.4. The molecular formula is C34H34N2O2. The molecule has 0 aliphatic carbocycles. The van der Waals surface area contributed by atoms with Gasteiger partial charge in [0, 0.05) is 26.1 Å². The summed E-state index contributed by atoms with van der Waals surface area (Å²) in [5.74, 6) is 2.37. The summed E-state index contributed by atoms with van der Waals surface area (Å²) >= 11 is 0. The van der Waals surface area contributed by atoms with Gasteiger partial charge in [-0.3, -0.25) is 4.99 Å². The lowest BCUT2D eigenvalue weighted by molar-refractivity contribution is 0.199. The van der Waals surface area contributed by atoms with Crippen LogP contribution in [0.2, 0.25) is 0 Å². The molecule has 1 fully saturated rings. The third kappa shape index (κ3) is 4.67. The second-order valence-electron chi connectivity index (χ2n) is 10.3. The van der Waals surface area contributed by atoms with Gasteiger partial charge in [0.15, 0.2) is 0 Å². The molecule has 0 radical (unpaired) electrons. The Hall–Kier alpha value is -4.05. The van der Waals surface area contributed by atoms with Gasteiger partial charge < -0.3 is 14.7 Å². The number of hydrogen-bond donors (Lipinski definition) is 1. The van der Waals surface area contributed by atoms with Gasteiger partial charge in [0.2, 0.25) is 0 Å². The van der Waals surface area contributed by atoms with Crippen LogP contribution in [0.15, 0.2) is 114 Å². The first-order chi connectivity index (χ1) is 18.7. The number of aliphatic imine (C=N–C) groups is 1. The average molecular weight is 503 g/mol. The maximum absolute atomic E-state index is 10.1. The quantitative estimate of drug-likeness (QED) is 0.295. The molecule has 2 aliphatic heterocycles. The van der Waals surface area contributed by atoms with Crippen LogP contribution in [-0.4, -0.2) is 41.6 Å². The largest absolute Gasteiger partial charge is 0.508 e. The molecule has 4 heteroatoms. The molecule has 192 valence electrons. The maximum Gasteiger partial charge on any atom is 0.119 e. The summed E-state index contributed by atoms with van der Waals surface area (Å²) < 4.78 is 6.54. The fraction of sp³-hybridized carbons (Fsp3) is 0.265. The standard InChI is InChI=1S/C34H34N2O2/c37-30-18-14-28(15-19-30)34(26-9-3-1-4-10-26,27-11-5-2-6-12-27)29-16-20-31(21-17-29)38-32-13-7-23-36-24-8-22-35-33(36)25-32/h1-6,9-12,14-21,32,37H,7-8,13,22-25H2. The molecule has 2 aliphatic rings. The molecule has 0 amide bonds. The number of aromatic hydroxyl groups is 1. The number of benzene rings is 4. The Morgan fingerprint density at radius 1 is 0.684 bits per heavy atom. The lowest BCUT2D eigenvalue weighted by atomic mass is 9.65. The molecule has 4 aromatic rings. The molecule has 4 nitrogen and oxygen atoms in total. The number of ether oxygens (including phenoxy) is 1. The fourth-order valence-corrected chi connectivity index (χ4v) is 6.11. The molecule has 0 bridgehead atoms. The number of nitrogens with zero attached hydrogens (tertiary/aromatic N) is 2. The van der Waals surface area contributed by atoms with Crippen molar-refractivity contribution in [3.05, 3.63) is 131 Å². The van der Waals surface area contributed by atoms with E-state index in [2.05, 4.69) is 89.8 Å². The number of hydrogen-bond acceptors (Lipinski definition) is 4. The van der Waals surface area contributed by atoms with Gasteiger partial charge >= 0.3 is 0 Å². The highest BCUT2D eigenvalue weighted by Gasteiger charge is 2.38. The minimum Gasteiger partial charge on any atom is -0.508 e. The minimum absolute atomic E-state index is 0.146. The third-order valence-electron chi connectivity index (χ3n) is 7.91. The van der Waals surface area contributed by atoms with Crippen molar-refractivity contribution in [1.29, 1.82) is 0 Å². The highest BCUT2D eigenvalue weighted by atomic mass is 16.5. The topological polar surface area (TPSA) is 45.1 Å². The van der Waals surface area contributed by atoms with Gasteiger partial charge in [-0.15, -0.1) is 0 Å². The Morgan fingerprint density at radius 2 is 1.24 bits per heavy atom. The number of amidine groups is 1. The maximum atomic E-state index is 10.1. The van der Waals surface area contributed by atoms with Gasteiger partial charge in [0.05, 0.1) is 5.41 Å². The molecule has 1 atom stereocenters. The van der Waals surface area contributed by atoms with Crippen molar-refractivity contribution in [2.24, 2.45) is 4.99 Å². The summed E-state index contributed by atoms with van der Waals surface area (Å²) in [6.07, 6.45) is 4.36. The van der Waals surface area contributed by atoms with Gasteiger partial charge in [-0.1, -0.05) is 84.9 Å². The van der Waals surface area contributed by atoms with Crippen molar-refractivity contribution in [3.8, 4) is 11.5 Å². The van der Waals surface area contributed by atoms with Crippen molar-refractivity contribution < 1.29 is 9.84 Å². The number of rotatable bonds is 6. The van der Waals surface area contributed by atoms with E-state index in [1.165, 1.54) is 17.0 Å². The highest BCUT2D eigenvalue weighted by molar-refractivity contribution is 5.83. The molecular weight excluding hydrogens is 468 g/mol.